The zero-order valence-electron chi connectivity index (χ0n) is 6.39. The molecule has 1 heterocycles. The van der Waals surface area contributed by atoms with E-state index in [0.29, 0.717) is 12.0 Å². The largest absolute Gasteiger partial charge is 0.396 e. The maximum absolute atomic E-state index is 9.10. The molecule has 0 aromatic carbocycles. The number of aliphatic hydroxyl groups excluding tert-OH is 1. The molecule has 1 aliphatic carbocycles. The van der Waals surface area contributed by atoms with Crippen LogP contribution in [-0.4, -0.2) is 24.9 Å². The van der Waals surface area contributed by atoms with Crippen LogP contribution < -0.4 is 0 Å². The molecule has 0 unspecified atom stereocenters. The lowest BCUT2D eigenvalue weighted by molar-refractivity contribution is -0.153. The summed E-state index contributed by atoms with van der Waals surface area (Å²) in [5.41, 5.74) is 0.562. The van der Waals surface area contributed by atoms with Crippen LogP contribution in [0.25, 0.3) is 0 Å². The molecule has 1 saturated heterocycles. The van der Waals surface area contributed by atoms with Crippen LogP contribution >= 0.6 is 0 Å². The number of rotatable bonds is 2. The maximum Gasteiger partial charge on any atom is 0.0548 e. The molecule has 0 amide bonds. The number of hydrogen-bond acceptors (Lipinski definition) is 2. The van der Waals surface area contributed by atoms with E-state index in [1.807, 2.05) is 0 Å². The summed E-state index contributed by atoms with van der Waals surface area (Å²) in [6.45, 7) is 4.29. The lowest BCUT2D eigenvalue weighted by atomic mass is 9.73. The van der Waals surface area contributed by atoms with Gasteiger partial charge >= 0.3 is 0 Å². The Morgan fingerprint density at radius 2 is 2.00 bits per heavy atom. The predicted octanol–water partition coefficient (Wildman–Crippen LogP) is 0.795. The molecule has 1 saturated carbocycles. The van der Waals surface area contributed by atoms with Gasteiger partial charge in [-0.05, 0) is 12.8 Å². The van der Waals surface area contributed by atoms with Gasteiger partial charge in [-0.25, -0.2) is 0 Å². The molecule has 0 atom stereocenters. The van der Waals surface area contributed by atoms with Crippen LogP contribution in [0.15, 0.2) is 0 Å². The molecule has 0 radical (unpaired) electrons. The van der Waals surface area contributed by atoms with Crippen molar-refractivity contribution in [3.63, 3.8) is 0 Å². The third kappa shape index (κ3) is 0.611. The van der Waals surface area contributed by atoms with Gasteiger partial charge in [0.25, 0.3) is 0 Å². The third-order valence-corrected chi connectivity index (χ3v) is 3.28. The highest BCUT2D eigenvalue weighted by atomic mass is 16.5. The fourth-order valence-electron chi connectivity index (χ4n) is 1.82. The van der Waals surface area contributed by atoms with Crippen molar-refractivity contribution in [1.82, 2.24) is 0 Å². The van der Waals surface area contributed by atoms with Gasteiger partial charge in [0.2, 0.25) is 0 Å². The molecule has 0 bridgehead atoms. The molecule has 2 fully saturated rings. The van der Waals surface area contributed by atoms with E-state index in [2.05, 4.69) is 6.92 Å². The molecule has 2 heteroatoms. The van der Waals surface area contributed by atoms with E-state index in [1.54, 1.807) is 0 Å². The minimum Gasteiger partial charge on any atom is -0.396 e. The molecule has 10 heavy (non-hydrogen) atoms. The van der Waals surface area contributed by atoms with Crippen LogP contribution in [0.5, 0.6) is 0 Å². The van der Waals surface area contributed by atoms with Gasteiger partial charge < -0.3 is 9.84 Å². The predicted molar refractivity (Wildman–Crippen MR) is 37.7 cm³/mol. The summed E-state index contributed by atoms with van der Waals surface area (Å²) < 4.78 is 5.15. The Hall–Kier alpha value is -0.0800. The molecule has 2 aliphatic rings. The summed E-state index contributed by atoms with van der Waals surface area (Å²) in [4.78, 5) is 0. The van der Waals surface area contributed by atoms with Crippen molar-refractivity contribution >= 4 is 0 Å². The summed E-state index contributed by atoms with van der Waals surface area (Å²) in [6, 6.07) is 0. The van der Waals surface area contributed by atoms with Crippen LogP contribution in [0.3, 0.4) is 0 Å². The standard InChI is InChI=1S/C8H14O2/c1-7(5-10-6-7)8(4-9)2-3-8/h9H,2-6H2,1H3. The summed E-state index contributed by atoms with van der Waals surface area (Å²) in [7, 11) is 0. The van der Waals surface area contributed by atoms with Crippen molar-refractivity contribution in [3.8, 4) is 0 Å². The van der Waals surface area contributed by atoms with Crippen molar-refractivity contribution in [3.05, 3.63) is 0 Å². The Morgan fingerprint density at radius 3 is 2.10 bits per heavy atom. The summed E-state index contributed by atoms with van der Waals surface area (Å²) in [6.07, 6.45) is 2.40. The first kappa shape index (κ1) is 6.62. The zero-order chi connectivity index (χ0) is 7.24. The van der Waals surface area contributed by atoms with Crippen LogP contribution in [0.1, 0.15) is 19.8 Å². The number of ether oxygens (including phenoxy) is 1. The highest BCUT2D eigenvalue weighted by molar-refractivity contribution is 5.07. The fourth-order valence-corrected chi connectivity index (χ4v) is 1.82. The Kier molecular flexibility index (Phi) is 1.15. The summed E-state index contributed by atoms with van der Waals surface area (Å²) in [5, 5.41) is 9.10. The fraction of sp³-hybridized carbons (Fsp3) is 1.00. The first-order valence-corrected chi connectivity index (χ1v) is 3.91. The average Bonchev–Trinajstić information content (AvgIpc) is 2.63. The van der Waals surface area contributed by atoms with Gasteiger partial charge in [0.1, 0.15) is 0 Å². The number of aliphatic hydroxyl groups is 1. The van der Waals surface area contributed by atoms with Gasteiger partial charge in [0, 0.05) is 17.4 Å². The van der Waals surface area contributed by atoms with E-state index in [-0.39, 0.29) is 5.41 Å². The van der Waals surface area contributed by atoms with E-state index in [4.69, 9.17) is 9.84 Å². The van der Waals surface area contributed by atoms with Gasteiger partial charge in [-0.3, -0.25) is 0 Å². The second-order valence-corrected chi connectivity index (χ2v) is 3.99. The topological polar surface area (TPSA) is 29.5 Å². The normalized spacial score (nSPS) is 33.0. The van der Waals surface area contributed by atoms with E-state index < -0.39 is 0 Å². The minimum absolute atomic E-state index is 0.255. The molecule has 2 rings (SSSR count). The van der Waals surface area contributed by atoms with Crippen molar-refractivity contribution in [2.75, 3.05) is 19.8 Å². The Bertz CT molecular complexity index is 143. The first-order valence-electron chi connectivity index (χ1n) is 3.91. The van der Waals surface area contributed by atoms with Gasteiger partial charge in [0.05, 0.1) is 13.2 Å². The lowest BCUT2D eigenvalue weighted by Gasteiger charge is -2.44. The van der Waals surface area contributed by atoms with Gasteiger partial charge in [-0.1, -0.05) is 6.92 Å². The third-order valence-electron chi connectivity index (χ3n) is 3.28. The second-order valence-electron chi connectivity index (χ2n) is 3.99. The summed E-state index contributed by atoms with van der Waals surface area (Å²) in [5.74, 6) is 0. The average molecular weight is 142 g/mol. The van der Waals surface area contributed by atoms with E-state index in [0.717, 1.165) is 13.2 Å². The lowest BCUT2D eigenvalue weighted by Crippen LogP contribution is -2.48. The molecular weight excluding hydrogens is 128 g/mol. The SMILES string of the molecule is CC1(C2(CO)CC2)COC1. The van der Waals surface area contributed by atoms with Gasteiger partial charge in [-0.15, -0.1) is 0 Å². The van der Waals surface area contributed by atoms with Crippen LogP contribution in [0.2, 0.25) is 0 Å². The molecular formula is C8H14O2. The molecule has 2 nitrogen and oxygen atoms in total. The van der Waals surface area contributed by atoms with Crippen molar-refractivity contribution in [1.29, 1.82) is 0 Å². The van der Waals surface area contributed by atoms with Crippen molar-refractivity contribution in [2.45, 2.75) is 19.8 Å². The summed E-state index contributed by atoms with van der Waals surface area (Å²) >= 11 is 0. The Labute approximate surface area is 61.2 Å². The van der Waals surface area contributed by atoms with E-state index in [9.17, 15) is 0 Å². The second kappa shape index (κ2) is 1.74. The monoisotopic (exact) mass is 142 g/mol. The van der Waals surface area contributed by atoms with Crippen LogP contribution in [-0.2, 0) is 4.74 Å². The van der Waals surface area contributed by atoms with Crippen LogP contribution in [0.4, 0.5) is 0 Å². The molecule has 0 aromatic heterocycles. The number of hydrogen-bond donors (Lipinski definition) is 1. The zero-order valence-corrected chi connectivity index (χ0v) is 6.39. The van der Waals surface area contributed by atoms with Crippen molar-refractivity contribution in [2.24, 2.45) is 10.8 Å². The van der Waals surface area contributed by atoms with E-state index in [1.165, 1.54) is 12.8 Å². The molecule has 58 valence electrons. The van der Waals surface area contributed by atoms with Crippen LogP contribution in [0, 0.1) is 10.8 Å². The Morgan fingerprint density at radius 1 is 1.40 bits per heavy atom. The smallest absolute Gasteiger partial charge is 0.0548 e. The Balaban J connectivity index is 2.09. The minimum atomic E-state index is 0.255. The highest BCUT2D eigenvalue weighted by Gasteiger charge is 2.59. The molecule has 0 spiro atoms. The first-order chi connectivity index (χ1) is 4.72. The highest BCUT2D eigenvalue weighted by Crippen LogP contribution is 2.60. The maximum atomic E-state index is 9.10. The molecule has 1 N–H and O–H groups in total. The van der Waals surface area contributed by atoms with Gasteiger partial charge in [-0.2, -0.15) is 0 Å². The van der Waals surface area contributed by atoms with Gasteiger partial charge in [0.15, 0.2) is 0 Å². The van der Waals surface area contributed by atoms with Crippen molar-refractivity contribution < 1.29 is 9.84 Å². The molecule has 1 aliphatic heterocycles. The molecule has 0 aromatic rings. The quantitative estimate of drug-likeness (QED) is 0.617. The van der Waals surface area contributed by atoms with E-state index >= 15 is 0 Å².